The molecular weight excluding hydrogens is 477 g/mol. The van der Waals surface area contributed by atoms with E-state index in [1.54, 1.807) is 18.2 Å². The standard InChI is InChI=1S/C24H27ClFN5O4/c25-18-6-7-21(26)20(12-18)16-4-2-15(3-5-16)10-19(29-23(33)22-14-28-31-30-22)11-17(24(34)35)13-27-8-1-9-32/h2-7,12,14,17,19,27,32H,1,8-11,13H2,(H,29,33)(H,34,35)(H,28,30,31)/t17-,19+/m0/s1. The Hall–Kier alpha value is -3.34. The summed E-state index contributed by atoms with van der Waals surface area (Å²) in [4.78, 5) is 24.5. The molecular formula is C24H27ClFN5O4. The summed E-state index contributed by atoms with van der Waals surface area (Å²) in [5.74, 6) is -2.59. The number of amides is 1. The number of carbonyl (C=O) groups is 2. The van der Waals surface area contributed by atoms with Crippen LogP contribution >= 0.6 is 11.6 Å². The minimum absolute atomic E-state index is 0.0106. The first kappa shape index (κ1) is 26.3. The fourth-order valence-electron chi connectivity index (χ4n) is 3.68. The number of aliphatic hydroxyl groups is 1. The largest absolute Gasteiger partial charge is 0.481 e. The molecule has 2 aromatic carbocycles. The van der Waals surface area contributed by atoms with Crippen LogP contribution in [0.5, 0.6) is 0 Å². The van der Waals surface area contributed by atoms with E-state index in [2.05, 4.69) is 26.0 Å². The van der Waals surface area contributed by atoms with Gasteiger partial charge in [0.1, 0.15) is 11.5 Å². The van der Waals surface area contributed by atoms with Crippen LogP contribution in [0.1, 0.15) is 28.9 Å². The molecule has 0 aliphatic heterocycles. The van der Waals surface area contributed by atoms with Gasteiger partial charge in [-0.3, -0.25) is 14.7 Å². The van der Waals surface area contributed by atoms with Gasteiger partial charge in [0, 0.05) is 29.8 Å². The number of aromatic amines is 1. The van der Waals surface area contributed by atoms with E-state index in [1.807, 2.05) is 12.1 Å². The zero-order valence-corrected chi connectivity index (χ0v) is 19.6. The number of aliphatic carboxylic acids is 1. The Morgan fingerprint density at radius 3 is 2.60 bits per heavy atom. The van der Waals surface area contributed by atoms with E-state index in [0.29, 0.717) is 35.5 Å². The molecule has 0 aliphatic carbocycles. The Kier molecular flexibility index (Phi) is 9.71. The molecule has 3 rings (SSSR count). The molecule has 186 valence electrons. The first-order chi connectivity index (χ1) is 16.9. The zero-order chi connectivity index (χ0) is 25.2. The molecule has 0 fully saturated rings. The van der Waals surface area contributed by atoms with Crippen LogP contribution < -0.4 is 10.6 Å². The van der Waals surface area contributed by atoms with Gasteiger partial charge in [-0.15, -0.1) is 5.10 Å². The molecule has 2 atom stereocenters. The molecule has 0 unspecified atom stereocenters. The fraction of sp³-hybridized carbons (Fsp3) is 0.333. The molecule has 9 nitrogen and oxygen atoms in total. The molecule has 11 heteroatoms. The second-order valence-corrected chi connectivity index (χ2v) is 8.55. The molecule has 0 saturated carbocycles. The normalized spacial score (nSPS) is 12.8. The van der Waals surface area contributed by atoms with E-state index in [1.165, 1.54) is 18.3 Å². The van der Waals surface area contributed by atoms with Crippen molar-refractivity contribution in [2.24, 2.45) is 5.92 Å². The maximum atomic E-state index is 14.2. The number of carboxylic acid groups (broad SMARTS) is 1. The van der Waals surface area contributed by atoms with E-state index < -0.39 is 29.7 Å². The minimum atomic E-state index is -0.990. The monoisotopic (exact) mass is 503 g/mol. The van der Waals surface area contributed by atoms with E-state index in [4.69, 9.17) is 16.7 Å². The lowest BCUT2D eigenvalue weighted by Crippen LogP contribution is -2.41. The molecule has 1 heterocycles. The number of nitrogens with zero attached hydrogens (tertiary/aromatic N) is 2. The van der Waals surface area contributed by atoms with Gasteiger partial charge in [-0.05, 0) is 55.1 Å². The number of aliphatic hydroxyl groups excluding tert-OH is 1. The third-order valence-electron chi connectivity index (χ3n) is 5.49. The summed E-state index contributed by atoms with van der Waals surface area (Å²) in [6, 6.07) is 11.0. The number of H-pyrrole nitrogens is 1. The summed E-state index contributed by atoms with van der Waals surface area (Å²) in [5.41, 5.74) is 2.02. The van der Waals surface area contributed by atoms with Gasteiger partial charge in [0.2, 0.25) is 0 Å². The Balaban J connectivity index is 1.75. The third-order valence-corrected chi connectivity index (χ3v) is 5.73. The lowest BCUT2D eigenvalue weighted by Gasteiger charge is -2.23. The number of halogens is 2. The van der Waals surface area contributed by atoms with Gasteiger partial charge in [-0.25, -0.2) is 4.39 Å². The highest BCUT2D eigenvalue weighted by Crippen LogP contribution is 2.26. The number of hydrogen-bond donors (Lipinski definition) is 5. The molecule has 0 spiro atoms. The highest BCUT2D eigenvalue weighted by atomic mass is 35.5. The average Bonchev–Trinajstić information content (AvgIpc) is 3.38. The van der Waals surface area contributed by atoms with Crippen LogP contribution in [0.4, 0.5) is 4.39 Å². The number of aromatic nitrogens is 3. The summed E-state index contributed by atoms with van der Waals surface area (Å²) < 4.78 is 14.2. The van der Waals surface area contributed by atoms with Crippen molar-refractivity contribution in [1.29, 1.82) is 0 Å². The quantitative estimate of drug-likeness (QED) is 0.226. The first-order valence-electron chi connectivity index (χ1n) is 11.1. The maximum Gasteiger partial charge on any atom is 0.307 e. The highest BCUT2D eigenvalue weighted by molar-refractivity contribution is 6.30. The summed E-state index contributed by atoms with van der Waals surface area (Å²) in [5, 5.41) is 34.6. The molecule has 35 heavy (non-hydrogen) atoms. The number of rotatable bonds is 13. The summed E-state index contributed by atoms with van der Waals surface area (Å²) in [7, 11) is 0. The Morgan fingerprint density at radius 1 is 1.17 bits per heavy atom. The van der Waals surface area contributed by atoms with Gasteiger partial charge < -0.3 is 20.8 Å². The van der Waals surface area contributed by atoms with Crippen molar-refractivity contribution in [3.8, 4) is 11.1 Å². The number of benzene rings is 2. The van der Waals surface area contributed by atoms with Gasteiger partial charge >= 0.3 is 5.97 Å². The van der Waals surface area contributed by atoms with Crippen molar-refractivity contribution in [3.05, 3.63) is 70.8 Å². The predicted octanol–water partition coefficient (Wildman–Crippen LogP) is 2.67. The van der Waals surface area contributed by atoms with Gasteiger partial charge in [-0.1, -0.05) is 41.1 Å². The SMILES string of the molecule is O=C(N[C@H](Cc1ccc(-c2cc(Cl)ccc2F)cc1)C[C@@H](CNCCCO)C(=O)O)c1cnn[nH]1. The highest BCUT2D eigenvalue weighted by Gasteiger charge is 2.25. The second kappa shape index (κ2) is 12.9. The molecule has 1 amide bonds. The number of carboxylic acids is 1. The van der Waals surface area contributed by atoms with Gasteiger partial charge in [-0.2, -0.15) is 0 Å². The Bertz CT molecular complexity index is 1110. The summed E-state index contributed by atoms with van der Waals surface area (Å²) in [6.07, 6.45) is 2.32. The van der Waals surface area contributed by atoms with E-state index in [-0.39, 0.29) is 25.3 Å². The first-order valence-corrected chi connectivity index (χ1v) is 11.5. The number of hydrogen-bond acceptors (Lipinski definition) is 6. The molecule has 0 bridgehead atoms. The van der Waals surface area contributed by atoms with E-state index in [0.717, 1.165) is 5.56 Å². The topological polar surface area (TPSA) is 140 Å². The maximum absolute atomic E-state index is 14.2. The van der Waals surface area contributed by atoms with Crippen LogP contribution in [0, 0.1) is 11.7 Å². The van der Waals surface area contributed by atoms with Crippen LogP contribution in [-0.2, 0) is 11.2 Å². The van der Waals surface area contributed by atoms with Crippen LogP contribution in [-0.4, -0.2) is 63.2 Å². The van der Waals surface area contributed by atoms with Crippen molar-refractivity contribution >= 4 is 23.5 Å². The van der Waals surface area contributed by atoms with Gasteiger partial charge in [0.15, 0.2) is 0 Å². The number of carbonyl (C=O) groups excluding carboxylic acids is 1. The smallest absolute Gasteiger partial charge is 0.307 e. The van der Waals surface area contributed by atoms with Crippen molar-refractivity contribution < 1.29 is 24.2 Å². The van der Waals surface area contributed by atoms with Crippen molar-refractivity contribution in [1.82, 2.24) is 26.0 Å². The van der Waals surface area contributed by atoms with E-state index >= 15 is 0 Å². The van der Waals surface area contributed by atoms with Crippen LogP contribution in [0.3, 0.4) is 0 Å². The lowest BCUT2D eigenvalue weighted by atomic mass is 9.93. The lowest BCUT2D eigenvalue weighted by molar-refractivity contribution is -0.142. The van der Waals surface area contributed by atoms with Crippen molar-refractivity contribution in [2.45, 2.75) is 25.3 Å². The second-order valence-electron chi connectivity index (χ2n) is 8.12. The molecule has 5 N–H and O–H groups in total. The molecule has 1 aromatic heterocycles. The van der Waals surface area contributed by atoms with Crippen LogP contribution in [0.25, 0.3) is 11.1 Å². The zero-order valence-electron chi connectivity index (χ0n) is 18.9. The van der Waals surface area contributed by atoms with Gasteiger partial charge in [0.05, 0.1) is 12.1 Å². The Morgan fingerprint density at radius 2 is 1.94 bits per heavy atom. The molecule has 0 aliphatic rings. The van der Waals surface area contributed by atoms with Crippen molar-refractivity contribution in [3.63, 3.8) is 0 Å². The molecule has 3 aromatic rings. The summed E-state index contributed by atoms with van der Waals surface area (Å²) in [6.45, 7) is 0.690. The van der Waals surface area contributed by atoms with Crippen LogP contribution in [0.15, 0.2) is 48.7 Å². The fourth-order valence-corrected chi connectivity index (χ4v) is 3.86. The molecule has 0 saturated heterocycles. The van der Waals surface area contributed by atoms with Crippen LogP contribution in [0.2, 0.25) is 5.02 Å². The van der Waals surface area contributed by atoms with Crippen molar-refractivity contribution in [2.75, 3.05) is 19.7 Å². The van der Waals surface area contributed by atoms with Gasteiger partial charge in [0.25, 0.3) is 5.91 Å². The average molecular weight is 504 g/mol. The molecule has 0 radical (unpaired) electrons. The summed E-state index contributed by atoms with van der Waals surface area (Å²) >= 11 is 6.00. The van der Waals surface area contributed by atoms with E-state index in [9.17, 15) is 19.1 Å². The number of nitrogens with one attached hydrogen (secondary N) is 3. The third kappa shape index (κ3) is 7.84. The predicted molar refractivity (Wildman–Crippen MR) is 129 cm³/mol. The minimum Gasteiger partial charge on any atom is -0.481 e. The Labute approximate surface area is 206 Å².